The fourth-order valence-corrected chi connectivity index (χ4v) is 1.58. The van der Waals surface area contributed by atoms with Gasteiger partial charge in [-0.25, -0.2) is 0 Å². The van der Waals surface area contributed by atoms with Gasteiger partial charge in [-0.2, -0.15) is 0 Å². The van der Waals surface area contributed by atoms with E-state index in [9.17, 15) is 20.1 Å². The molecule has 0 aliphatic carbocycles. The van der Waals surface area contributed by atoms with Gasteiger partial charge in [-0.3, -0.25) is 4.79 Å². The molecule has 1 aliphatic heterocycles. The number of aliphatic hydroxyl groups is 4. The smallest absolute Gasteiger partial charge is 0.218 e. The molecule has 0 aromatic carbocycles. The molecule has 0 saturated carbocycles. The lowest BCUT2D eigenvalue weighted by molar-refractivity contribution is -0.282. The molecule has 16 heavy (non-hydrogen) atoms. The van der Waals surface area contributed by atoms with Crippen LogP contribution in [0.15, 0.2) is 0 Å². The second kappa shape index (κ2) is 4.62. The van der Waals surface area contributed by atoms with Gasteiger partial charge in [0.2, 0.25) is 5.91 Å². The normalized spacial score (nSPS) is 44.1. The average molecular weight is 236 g/mol. The van der Waals surface area contributed by atoms with E-state index in [-0.39, 0.29) is 0 Å². The molecule has 1 rings (SSSR count). The Hall–Kier alpha value is -0.770. The molecule has 0 bridgehead atoms. The highest BCUT2D eigenvalue weighted by Gasteiger charge is 2.53. The van der Waals surface area contributed by atoms with Crippen LogP contribution in [-0.4, -0.2) is 63.2 Å². The van der Waals surface area contributed by atoms with Crippen LogP contribution in [0.4, 0.5) is 0 Å². The number of carbonyl (C=O) groups excluding carboxylic acids is 1. The standard InChI is InChI=1S/C8H16N2O6/c1-3(12)10-8(9)6(14)5(13)4(2-11)16-7(8)15/h4-7,11,13-15H,2,9H2,1H3,(H,10,12)/t4-,5+,6+,7?,8+/m1/s1. The monoisotopic (exact) mass is 236 g/mol. The maximum absolute atomic E-state index is 10.9. The number of amides is 1. The lowest BCUT2D eigenvalue weighted by atomic mass is 9.91. The lowest BCUT2D eigenvalue weighted by Crippen LogP contribution is -2.77. The summed E-state index contributed by atoms with van der Waals surface area (Å²) in [5.41, 5.74) is 3.55. The third kappa shape index (κ3) is 2.17. The largest absolute Gasteiger partial charge is 0.394 e. The van der Waals surface area contributed by atoms with Crippen molar-refractivity contribution >= 4 is 5.91 Å². The quantitative estimate of drug-likeness (QED) is 0.270. The molecule has 0 aromatic heterocycles. The maximum Gasteiger partial charge on any atom is 0.218 e. The predicted molar refractivity (Wildman–Crippen MR) is 50.7 cm³/mol. The number of ether oxygens (including phenoxy) is 1. The highest BCUT2D eigenvalue weighted by atomic mass is 16.6. The molecule has 8 heteroatoms. The van der Waals surface area contributed by atoms with Crippen molar-refractivity contribution in [2.24, 2.45) is 5.73 Å². The van der Waals surface area contributed by atoms with Crippen LogP contribution in [0.1, 0.15) is 6.92 Å². The van der Waals surface area contributed by atoms with Gasteiger partial charge in [0.1, 0.15) is 18.3 Å². The maximum atomic E-state index is 10.9. The summed E-state index contributed by atoms with van der Waals surface area (Å²) < 4.78 is 4.79. The minimum absolute atomic E-state index is 0.592. The summed E-state index contributed by atoms with van der Waals surface area (Å²) in [7, 11) is 0. The Kier molecular flexibility index (Phi) is 3.84. The van der Waals surface area contributed by atoms with E-state index in [2.05, 4.69) is 5.32 Å². The van der Waals surface area contributed by atoms with E-state index in [1.807, 2.05) is 0 Å². The first-order valence-corrected chi connectivity index (χ1v) is 4.71. The molecule has 1 saturated heterocycles. The van der Waals surface area contributed by atoms with Gasteiger partial charge in [0.05, 0.1) is 6.61 Å². The van der Waals surface area contributed by atoms with Crippen molar-refractivity contribution < 1.29 is 30.0 Å². The van der Waals surface area contributed by atoms with E-state index in [0.29, 0.717) is 0 Å². The second-order valence-corrected chi connectivity index (χ2v) is 3.76. The zero-order valence-electron chi connectivity index (χ0n) is 8.70. The Labute approximate surface area is 91.6 Å². The molecule has 1 amide bonds. The molecule has 7 N–H and O–H groups in total. The van der Waals surface area contributed by atoms with Crippen molar-refractivity contribution in [2.75, 3.05) is 6.61 Å². The van der Waals surface area contributed by atoms with Gasteiger partial charge in [0.15, 0.2) is 12.0 Å². The molecule has 0 aromatic rings. The molecular weight excluding hydrogens is 220 g/mol. The lowest BCUT2D eigenvalue weighted by Gasteiger charge is -2.46. The van der Waals surface area contributed by atoms with Crippen LogP contribution in [0.25, 0.3) is 0 Å². The number of carbonyl (C=O) groups is 1. The van der Waals surface area contributed by atoms with Gasteiger partial charge in [0.25, 0.3) is 0 Å². The highest BCUT2D eigenvalue weighted by molar-refractivity contribution is 5.74. The second-order valence-electron chi connectivity index (χ2n) is 3.76. The van der Waals surface area contributed by atoms with E-state index in [4.69, 9.17) is 15.6 Å². The van der Waals surface area contributed by atoms with Crippen LogP contribution in [0.2, 0.25) is 0 Å². The van der Waals surface area contributed by atoms with Crippen molar-refractivity contribution in [3.05, 3.63) is 0 Å². The SMILES string of the molecule is CC(=O)N[C@]1(N)C(O)O[C@H](CO)[C@H](O)[C@@H]1O. The van der Waals surface area contributed by atoms with Crippen LogP contribution >= 0.6 is 0 Å². The third-order valence-electron chi connectivity index (χ3n) is 2.48. The molecule has 94 valence electrons. The number of hydrogen-bond donors (Lipinski definition) is 6. The van der Waals surface area contributed by atoms with Gasteiger partial charge in [-0.15, -0.1) is 0 Å². The minimum Gasteiger partial charge on any atom is -0.394 e. The van der Waals surface area contributed by atoms with Gasteiger partial charge in [0, 0.05) is 6.92 Å². The molecule has 0 radical (unpaired) electrons. The third-order valence-corrected chi connectivity index (χ3v) is 2.48. The molecular formula is C8H16N2O6. The van der Waals surface area contributed by atoms with E-state index < -0.39 is 42.8 Å². The molecule has 1 heterocycles. The van der Waals surface area contributed by atoms with E-state index in [1.54, 1.807) is 0 Å². The first-order chi connectivity index (χ1) is 7.32. The van der Waals surface area contributed by atoms with Crippen LogP contribution in [0.3, 0.4) is 0 Å². The Balaban J connectivity index is 2.90. The minimum atomic E-state index is -2.00. The van der Waals surface area contributed by atoms with Gasteiger partial charge in [-0.05, 0) is 0 Å². The Bertz CT molecular complexity index is 275. The van der Waals surface area contributed by atoms with Crippen LogP contribution < -0.4 is 11.1 Å². The van der Waals surface area contributed by atoms with Crippen molar-refractivity contribution in [1.29, 1.82) is 0 Å². The van der Waals surface area contributed by atoms with Crippen molar-refractivity contribution in [1.82, 2.24) is 5.32 Å². The van der Waals surface area contributed by atoms with Gasteiger partial charge >= 0.3 is 0 Å². The number of nitrogens with two attached hydrogens (primary N) is 1. The molecule has 8 nitrogen and oxygen atoms in total. The molecule has 0 spiro atoms. The average Bonchev–Trinajstić information content (AvgIpc) is 2.20. The summed E-state index contributed by atoms with van der Waals surface area (Å²) in [6.45, 7) is 0.546. The zero-order chi connectivity index (χ0) is 12.5. The van der Waals surface area contributed by atoms with Crippen molar-refractivity contribution in [3.8, 4) is 0 Å². The number of rotatable bonds is 2. The topological polar surface area (TPSA) is 145 Å². The summed E-state index contributed by atoms with van der Waals surface area (Å²) in [6.07, 6.45) is -6.05. The van der Waals surface area contributed by atoms with E-state index >= 15 is 0 Å². The van der Waals surface area contributed by atoms with E-state index in [0.717, 1.165) is 6.92 Å². The number of nitrogens with one attached hydrogen (secondary N) is 1. The summed E-state index contributed by atoms with van der Waals surface area (Å²) in [6, 6.07) is 0. The number of hydrogen-bond acceptors (Lipinski definition) is 7. The summed E-state index contributed by atoms with van der Waals surface area (Å²) in [5.74, 6) is -0.598. The number of aliphatic hydroxyl groups excluding tert-OH is 4. The van der Waals surface area contributed by atoms with Crippen LogP contribution in [-0.2, 0) is 9.53 Å². The molecule has 5 atom stereocenters. The highest BCUT2D eigenvalue weighted by Crippen LogP contribution is 2.24. The fourth-order valence-electron chi connectivity index (χ4n) is 1.58. The summed E-state index contributed by atoms with van der Waals surface area (Å²) in [4.78, 5) is 10.9. The van der Waals surface area contributed by atoms with Crippen LogP contribution in [0, 0.1) is 0 Å². The van der Waals surface area contributed by atoms with Gasteiger partial charge < -0.3 is 36.2 Å². The predicted octanol–water partition coefficient (Wildman–Crippen LogP) is -3.79. The van der Waals surface area contributed by atoms with E-state index in [1.165, 1.54) is 0 Å². The molecule has 1 aliphatic rings. The Morgan fingerprint density at radius 2 is 2.06 bits per heavy atom. The van der Waals surface area contributed by atoms with Gasteiger partial charge in [-0.1, -0.05) is 0 Å². The molecule has 1 unspecified atom stereocenters. The van der Waals surface area contributed by atoms with Crippen molar-refractivity contribution in [3.63, 3.8) is 0 Å². The first kappa shape index (κ1) is 13.3. The molecule has 1 fully saturated rings. The van der Waals surface area contributed by atoms with Crippen molar-refractivity contribution in [2.45, 2.75) is 37.2 Å². The summed E-state index contributed by atoms with van der Waals surface area (Å²) >= 11 is 0. The first-order valence-electron chi connectivity index (χ1n) is 4.71. The summed E-state index contributed by atoms with van der Waals surface area (Å²) in [5, 5.41) is 39.6. The Morgan fingerprint density at radius 1 is 1.50 bits per heavy atom. The zero-order valence-corrected chi connectivity index (χ0v) is 8.70. The van der Waals surface area contributed by atoms with Crippen LogP contribution in [0.5, 0.6) is 0 Å². The Morgan fingerprint density at radius 3 is 2.50 bits per heavy atom. The fraction of sp³-hybridized carbons (Fsp3) is 0.875.